The summed E-state index contributed by atoms with van der Waals surface area (Å²) in [6.07, 6.45) is 4.50. The number of piperidine rings is 2. The molecule has 3 aromatic rings. The lowest BCUT2D eigenvalue weighted by atomic mass is 9.48. The number of amides is 5. The van der Waals surface area contributed by atoms with E-state index in [0.717, 1.165) is 69.2 Å². The van der Waals surface area contributed by atoms with Crippen LogP contribution in [0.5, 0.6) is 5.75 Å². The van der Waals surface area contributed by atoms with Gasteiger partial charge in [0, 0.05) is 81.1 Å². The number of benzene rings is 2. The molecule has 0 spiro atoms. The number of piperazine rings is 1. The third kappa shape index (κ3) is 6.88. The number of carbonyl (C=O) groups is 5. The molecule has 3 saturated heterocycles. The van der Waals surface area contributed by atoms with Crippen molar-refractivity contribution in [1.82, 2.24) is 24.7 Å². The summed E-state index contributed by atoms with van der Waals surface area (Å²) in [7, 11) is 0. The Kier molecular flexibility index (Phi) is 10.3. The van der Waals surface area contributed by atoms with Crippen LogP contribution in [-0.2, 0) is 9.59 Å². The molecule has 1 aromatic heterocycles. The van der Waals surface area contributed by atoms with E-state index in [1.807, 2.05) is 45.9 Å². The average Bonchev–Trinajstić information content (AvgIpc) is 3.49. The van der Waals surface area contributed by atoms with Gasteiger partial charge in [-0.1, -0.05) is 27.7 Å². The molecule has 5 heterocycles. The zero-order valence-electron chi connectivity index (χ0n) is 34.3. The number of nitrogens with two attached hydrogens (primary N) is 1. The van der Waals surface area contributed by atoms with Gasteiger partial charge in [-0.15, -0.1) is 0 Å². The van der Waals surface area contributed by atoms with Crippen LogP contribution in [0.1, 0.15) is 95.6 Å². The van der Waals surface area contributed by atoms with E-state index in [9.17, 15) is 34.5 Å². The van der Waals surface area contributed by atoms with E-state index >= 15 is 0 Å². The van der Waals surface area contributed by atoms with E-state index in [1.54, 1.807) is 18.2 Å². The molecule has 2 aromatic carbocycles. The van der Waals surface area contributed by atoms with Crippen LogP contribution >= 0.6 is 0 Å². The molecule has 0 radical (unpaired) electrons. The molecule has 8 rings (SSSR count). The number of aromatic nitrogens is 2. The molecule has 5 aliphatic rings. The fourth-order valence-electron chi connectivity index (χ4n) is 10.5. The van der Waals surface area contributed by atoms with Gasteiger partial charge in [0.2, 0.25) is 11.9 Å². The molecule has 4 fully saturated rings. The number of primary amides is 1. The zero-order valence-corrected chi connectivity index (χ0v) is 34.3. The van der Waals surface area contributed by atoms with E-state index in [-0.39, 0.29) is 46.6 Å². The van der Waals surface area contributed by atoms with Gasteiger partial charge in [-0.3, -0.25) is 38.7 Å². The molecular formula is C44H48N10O6. The highest BCUT2D eigenvalue weighted by Gasteiger charge is 2.68. The first-order chi connectivity index (χ1) is 28.6. The number of ether oxygens (including phenoxy) is 1. The maximum Gasteiger partial charge on any atom is 0.262 e. The van der Waals surface area contributed by atoms with Crippen LogP contribution in [0, 0.1) is 39.4 Å². The number of hydrogen-bond acceptors (Lipinski definition) is 13. The SMILES string of the molecule is CC1(C)C(Oc2ccc(C#N)c(C#N)c2)C(C)(C)C1N1C(=O)CCC(N2C(=O)c3ccc(N4CCN(CC5CCN(c6ncc(C(N)=O)cn6)CC5)CC4)cc3C2=O)C1=O. The summed E-state index contributed by atoms with van der Waals surface area (Å²) in [5, 5.41) is 18.9. The summed E-state index contributed by atoms with van der Waals surface area (Å²) in [4.78, 5) is 85.1. The van der Waals surface area contributed by atoms with Gasteiger partial charge in [-0.2, -0.15) is 10.5 Å². The number of nitrogens with zero attached hydrogens (tertiary/aromatic N) is 9. The number of imide groups is 2. The molecule has 1 aliphatic carbocycles. The minimum absolute atomic E-state index is 0.00555. The number of carbonyl (C=O) groups excluding carboxylic acids is 5. The molecule has 1 saturated carbocycles. The highest BCUT2D eigenvalue weighted by Crippen LogP contribution is 2.58. The Hall–Kier alpha value is -6.39. The van der Waals surface area contributed by atoms with Crippen molar-refractivity contribution in [2.75, 3.05) is 55.6 Å². The van der Waals surface area contributed by atoms with E-state index in [2.05, 4.69) is 24.7 Å². The second-order valence-electron chi connectivity index (χ2n) is 17.7. The van der Waals surface area contributed by atoms with Crippen molar-refractivity contribution >= 4 is 41.2 Å². The lowest BCUT2D eigenvalue weighted by molar-refractivity contribution is -0.216. The lowest BCUT2D eigenvalue weighted by Gasteiger charge is -2.65. The van der Waals surface area contributed by atoms with Gasteiger partial charge in [-0.25, -0.2) is 9.97 Å². The van der Waals surface area contributed by atoms with E-state index in [1.165, 1.54) is 29.4 Å². The number of fused-ring (bicyclic) bond motifs is 1. The van der Waals surface area contributed by atoms with Gasteiger partial charge >= 0.3 is 0 Å². The first kappa shape index (κ1) is 40.4. The van der Waals surface area contributed by atoms with Crippen LogP contribution in [0.4, 0.5) is 11.6 Å². The van der Waals surface area contributed by atoms with Crippen LogP contribution in [0.2, 0.25) is 0 Å². The molecule has 16 nitrogen and oxygen atoms in total. The standard InChI is InChI=1S/C44H48N10O6/c1-43(2)40(44(3,4)41(43)60-31-7-5-27(21-45)28(19-31)22-46)54-35(55)10-9-34(39(54)59)53-37(57)32-8-6-30(20-33(32)38(53)58)51-17-15-50(16-18-51)25-26-11-13-52(14-12-26)42-48-23-29(24-49-42)36(47)56/h5-8,19-20,23-24,26,34,40-41H,9-18,25H2,1-4H3,(H2,47,56). The Balaban J connectivity index is 0.889. The summed E-state index contributed by atoms with van der Waals surface area (Å²) >= 11 is 0. The number of likely N-dealkylation sites (tertiary alicyclic amines) is 1. The van der Waals surface area contributed by atoms with E-state index in [0.29, 0.717) is 17.6 Å². The molecule has 16 heteroatoms. The Labute approximate surface area is 348 Å². The molecule has 310 valence electrons. The second kappa shape index (κ2) is 15.3. The first-order valence-electron chi connectivity index (χ1n) is 20.5. The zero-order chi connectivity index (χ0) is 42.7. The summed E-state index contributed by atoms with van der Waals surface area (Å²) < 4.78 is 6.39. The van der Waals surface area contributed by atoms with Crippen LogP contribution in [0.15, 0.2) is 48.8 Å². The molecule has 5 amide bonds. The fourth-order valence-corrected chi connectivity index (χ4v) is 10.5. The van der Waals surface area contributed by atoms with Gasteiger partial charge in [0.15, 0.2) is 0 Å². The smallest absolute Gasteiger partial charge is 0.262 e. The normalized spacial score (nSPS) is 24.1. The minimum Gasteiger partial charge on any atom is -0.489 e. The minimum atomic E-state index is -1.13. The Morgan fingerprint density at radius 1 is 0.800 bits per heavy atom. The van der Waals surface area contributed by atoms with Gasteiger partial charge < -0.3 is 20.3 Å². The predicted molar refractivity (Wildman–Crippen MR) is 218 cm³/mol. The van der Waals surface area contributed by atoms with E-state index < -0.39 is 52.6 Å². The average molecular weight is 813 g/mol. The molecule has 0 bridgehead atoms. The van der Waals surface area contributed by atoms with Crippen LogP contribution < -0.4 is 20.3 Å². The van der Waals surface area contributed by atoms with Crippen LogP contribution in [-0.4, -0.2) is 118 Å². The third-order valence-corrected chi connectivity index (χ3v) is 13.2. The maximum absolute atomic E-state index is 14.4. The number of anilines is 2. The molecule has 4 aliphatic heterocycles. The maximum atomic E-state index is 14.4. The predicted octanol–water partition coefficient (Wildman–Crippen LogP) is 3.35. The van der Waals surface area contributed by atoms with Gasteiger partial charge in [0.1, 0.15) is 30.0 Å². The highest BCUT2D eigenvalue weighted by molar-refractivity contribution is 6.23. The molecule has 2 N–H and O–H groups in total. The van der Waals surface area contributed by atoms with Crippen molar-refractivity contribution in [2.24, 2.45) is 22.5 Å². The molecule has 1 atom stereocenters. The lowest BCUT2D eigenvalue weighted by Crippen LogP contribution is -2.77. The van der Waals surface area contributed by atoms with Crippen molar-refractivity contribution in [3.63, 3.8) is 0 Å². The molecule has 1 unspecified atom stereocenters. The van der Waals surface area contributed by atoms with Crippen molar-refractivity contribution in [1.29, 1.82) is 10.5 Å². The van der Waals surface area contributed by atoms with Crippen LogP contribution in [0.3, 0.4) is 0 Å². The summed E-state index contributed by atoms with van der Waals surface area (Å²) in [6.45, 7) is 13.5. The Bertz CT molecular complexity index is 2340. The van der Waals surface area contributed by atoms with Gasteiger partial charge in [-0.05, 0) is 61.6 Å². The van der Waals surface area contributed by atoms with Gasteiger partial charge in [0.25, 0.3) is 23.6 Å². The van der Waals surface area contributed by atoms with Crippen molar-refractivity contribution in [3.8, 4) is 17.9 Å². The number of rotatable bonds is 9. The summed E-state index contributed by atoms with van der Waals surface area (Å²) in [5.41, 5.74) is 5.89. The quantitative estimate of drug-likeness (QED) is 0.308. The first-order valence-corrected chi connectivity index (χ1v) is 20.5. The monoisotopic (exact) mass is 812 g/mol. The van der Waals surface area contributed by atoms with E-state index in [4.69, 9.17) is 10.5 Å². The molecular weight excluding hydrogens is 765 g/mol. The van der Waals surface area contributed by atoms with Crippen molar-refractivity contribution in [3.05, 3.63) is 76.6 Å². The number of hydrogen-bond donors (Lipinski definition) is 1. The largest absolute Gasteiger partial charge is 0.489 e. The topological polar surface area (TPSA) is 210 Å². The Morgan fingerprint density at radius 2 is 1.45 bits per heavy atom. The highest BCUT2D eigenvalue weighted by atomic mass is 16.5. The second-order valence-corrected chi connectivity index (χ2v) is 17.7. The Morgan fingerprint density at radius 3 is 2.08 bits per heavy atom. The van der Waals surface area contributed by atoms with Crippen molar-refractivity contribution < 1.29 is 28.7 Å². The summed E-state index contributed by atoms with van der Waals surface area (Å²) in [5.74, 6) is -1.03. The van der Waals surface area contributed by atoms with Gasteiger partial charge in [0.05, 0.1) is 33.9 Å². The molecule has 60 heavy (non-hydrogen) atoms. The van der Waals surface area contributed by atoms with Crippen molar-refractivity contribution in [2.45, 2.75) is 71.6 Å². The number of nitriles is 2. The summed E-state index contributed by atoms with van der Waals surface area (Å²) in [6, 6.07) is 12.2. The van der Waals surface area contributed by atoms with Crippen LogP contribution in [0.25, 0.3) is 0 Å². The third-order valence-electron chi connectivity index (χ3n) is 13.2. The fraction of sp³-hybridized carbons (Fsp3) is 0.477.